The second-order valence-corrected chi connectivity index (χ2v) is 5.25. The molecular weight excluding hydrogens is 176 g/mol. The third-order valence-electron chi connectivity index (χ3n) is 4.37. The number of ketones is 1. The zero-order valence-corrected chi connectivity index (χ0v) is 8.28. The number of carbonyl (C=O) groups is 1. The zero-order valence-electron chi connectivity index (χ0n) is 8.28. The van der Waals surface area contributed by atoms with Gasteiger partial charge < -0.3 is 5.11 Å². The Kier molecular flexibility index (Phi) is 1.73. The Morgan fingerprint density at radius 3 is 2.14 bits per heavy atom. The fourth-order valence-corrected chi connectivity index (χ4v) is 3.92. The fraction of sp³-hybridized carbons (Fsp3) is 0.750. The second-order valence-electron chi connectivity index (χ2n) is 5.25. The predicted octanol–water partition coefficient (Wildman–Crippen LogP) is 2.45. The van der Waals surface area contributed by atoms with E-state index in [1.807, 2.05) is 0 Å². The van der Waals surface area contributed by atoms with E-state index in [9.17, 15) is 4.79 Å². The molecule has 4 aliphatic rings. The monoisotopic (exact) mass is 192 g/mol. The molecule has 0 aromatic rings. The number of hydrogen-bond donors (Lipinski definition) is 1. The number of Topliss-reactive ketones (excluding diaryl/α,β-unsaturated/α-hetero) is 1. The van der Waals surface area contributed by atoms with E-state index < -0.39 is 0 Å². The number of carbonyl (C=O) groups excluding carboxylic acids is 1. The molecule has 0 amide bonds. The Labute approximate surface area is 84.0 Å². The van der Waals surface area contributed by atoms with Crippen LogP contribution in [0.4, 0.5) is 0 Å². The largest absolute Gasteiger partial charge is 0.515 e. The molecule has 0 aromatic carbocycles. The molecule has 2 heteroatoms. The highest BCUT2D eigenvalue weighted by molar-refractivity contribution is 5.98. The Bertz CT molecular complexity index is 291. The smallest absolute Gasteiger partial charge is 0.165 e. The maximum absolute atomic E-state index is 12.0. The van der Waals surface area contributed by atoms with Gasteiger partial charge in [0, 0.05) is 11.5 Å². The van der Waals surface area contributed by atoms with Gasteiger partial charge in [0.25, 0.3) is 0 Å². The molecule has 14 heavy (non-hydrogen) atoms. The predicted molar refractivity (Wildman–Crippen MR) is 52.8 cm³/mol. The van der Waals surface area contributed by atoms with Gasteiger partial charge in [0.15, 0.2) is 5.78 Å². The molecule has 0 aliphatic heterocycles. The van der Waals surface area contributed by atoms with Gasteiger partial charge in [-0.25, -0.2) is 0 Å². The van der Waals surface area contributed by atoms with Gasteiger partial charge in [-0.3, -0.25) is 4.79 Å². The Hall–Kier alpha value is -0.790. The summed E-state index contributed by atoms with van der Waals surface area (Å²) in [6.07, 6.45) is 6.89. The van der Waals surface area contributed by atoms with Gasteiger partial charge in [-0.15, -0.1) is 0 Å². The molecule has 4 rings (SSSR count). The van der Waals surface area contributed by atoms with Crippen LogP contribution in [-0.2, 0) is 4.79 Å². The van der Waals surface area contributed by atoms with Crippen molar-refractivity contribution in [1.82, 2.24) is 0 Å². The van der Waals surface area contributed by atoms with Gasteiger partial charge in [-0.1, -0.05) is 0 Å². The molecule has 4 aliphatic carbocycles. The Morgan fingerprint density at radius 1 is 1.00 bits per heavy atom. The van der Waals surface area contributed by atoms with Crippen molar-refractivity contribution in [3.05, 3.63) is 11.8 Å². The van der Waals surface area contributed by atoms with E-state index in [1.54, 1.807) is 0 Å². The van der Waals surface area contributed by atoms with Gasteiger partial charge in [-0.2, -0.15) is 0 Å². The van der Waals surface area contributed by atoms with Crippen LogP contribution in [0.1, 0.15) is 32.1 Å². The van der Waals surface area contributed by atoms with Crippen molar-refractivity contribution in [3.63, 3.8) is 0 Å². The van der Waals surface area contributed by atoms with Crippen molar-refractivity contribution in [3.8, 4) is 0 Å². The lowest BCUT2D eigenvalue weighted by atomic mass is 9.67. The highest BCUT2D eigenvalue weighted by Crippen LogP contribution is 2.51. The van der Waals surface area contributed by atoms with Crippen LogP contribution in [0.5, 0.6) is 0 Å². The van der Waals surface area contributed by atoms with Crippen LogP contribution < -0.4 is 0 Å². The van der Waals surface area contributed by atoms with Crippen LogP contribution in [0, 0.1) is 23.7 Å². The summed E-state index contributed by atoms with van der Waals surface area (Å²) in [4.78, 5) is 12.0. The highest BCUT2D eigenvalue weighted by Gasteiger charge is 2.45. The van der Waals surface area contributed by atoms with E-state index in [1.165, 1.54) is 6.42 Å². The summed E-state index contributed by atoms with van der Waals surface area (Å²) in [7, 11) is 0. The summed E-state index contributed by atoms with van der Waals surface area (Å²) in [6.45, 7) is 0. The van der Waals surface area contributed by atoms with Crippen molar-refractivity contribution in [2.24, 2.45) is 23.7 Å². The summed E-state index contributed by atoms with van der Waals surface area (Å²) >= 11 is 0. The van der Waals surface area contributed by atoms with E-state index >= 15 is 0 Å². The lowest BCUT2D eigenvalue weighted by Crippen LogP contribution is -2.27. The van der Waals surface area contributed by atoms with Crippen LogP contribution in [0.3, 0.4) is 0 Å². The molecule has 1 N–H and O–H groups in total. The first-order valence-electron chi connectivity index (χ1n) is 5.66. The van der Waals surface area contributed by atoms with Crippen LogP contribution in [0.2, 0.25) is 0 Å². The normalized spacial score (nSPS) is 48.6. The molecule has 76 valence electrons. The van der Waals surface area contributed by atoms with Crippen LogP contribution in [0.25, 0.3) is 0 Å². The molecular formula is C12H16O2. The van der Waals surface area contributed by atoms with E-state index in [2.05, 4.69) is 0 Å². The number of aliphatic hydroxyl groups excluding tert-OH is 1. The van der Waals surface area contributed by atoms with Gasteiger partial charge >= 0.3 is 0 Å². The molecule has 0 spiro atoms. The minimum atomic E-state index is 0.240. The van der Waals surface area contributed by atoms with Gasteiger partial charge in [0.1, 0.15) is 0 Å². The lowest BCUT2D eigenvalue weighted by molar-refractivity contribution is -0.120. The minimum Gasteiger partial charge on any atom is -0.515 e. The molecule has 4 fully saturated rings. The van der Waals surface area contributed by atoms with Crippen LogP contribution in [-0.4, -0.2) is 10.9 Å². The lowest BCUT2D eigenvalue weighted by Gasteiger charge is -2.37. The average Bonchev–Trinajstić information content (AvgIpc) is 2.29. The van der Waals surface area contributed by atoms with Crippen LogP contribution >= 0.6 is 0 Å². The third kappa shape index (κ3) is 1.06. The van der Waals surface area contributed by atoms with E-state index in [4.69, 9.17) is 5.11 Å². The number of rotatable bonds is 0. The summed E-state index contributed by atoms with van der Waals surface area (Å²) in [6, 6.07) is 0. The number of allylic oxidation sites excluding steroid dienone is 1. The van der Waals surface area contributed by atoms with Gasteiger partial charge in [0.2, 0.25) is 0 Å². The van der Waals surface area contributed by atoms with Gasteiger partial charge in [-0.05, 0) is 49.9 Å². The van der Waals surface area contributed by atoms with Crippen molar-refractivity contribution >= 4 is 5.78 Å². The van der Waals surface area contributed by atoms with Crippen molar-refractivity contribution in [1.29, 1.82) is 0 Å². The third-order valence-corrected chi connectivity index (χ3v) is 4.37. The first-order valence-corrected chi connectivity index (χ1v) is 5.66. The SMILES string of the molecule is O=C1/C(=C/O)C2C[C@@H]3CC1C[C@@H](C2)C3. The summed E-state index contributed by atoms with van der Waals surface area (Å²) in [5.74, 6) is 2.40. The number of aliphatic hydroxyl groups is 1. The quantitative estimate of drug-likeness (QED) is 0.473. The Balaban J connectivity index is 2.04. The molecule has 0 unspecified atom stereocenters. The molecule has 0 radical (unpaired) electrons. The molecule has 0 heterocycles. The van der Waals surface area contributed by atoms with Crippen LogP contribution in [0.15, 0.2) is 11.8 Å². The number of fused-ring (bicyclic) bond motifs is 1. The molecule has 2 atom stereocenters. The van der Waals surface area contributed by atoms with Gasteiger partial charge in [0.05, 0.1) is 6.26 Å². The fourth-order valence-electron chi connectivity index (χ4n) is 3.92. The minimum absolute atomic E-state index is 0.240. The summed E-state index contributed by atoms with van der Waals surface area (Å²) < 4.78 is 0. The summed E-state index contributed by atoms with van der Waals surface area (Å²) in [5.41, 5.74) is 0.736. The molecule has 4 bridgehead atoms. The van der Waals surface area contributed by atoms with Crippen molar-refractivity contribution in [2.75, 3.05) is 0 Å². The van der Waals surface area contributed by atoms with Crippen molar-refractivity contribution in [2.45, 2.75) is 32.1 Å². The second kappa shape index (κ2) is 2.85. The Morgan fingerprint density at radius 2 is 1.57 bits per heavy atom. The molecule has 4 saturated carbocycles. The maximum atomic E-state index is 12.0. The standard InChI is InChI=1S/C12H16O2/c13-6-11-9-2-7-1-8(3-9)5-10(4-7)12(11)14/h6-10,13H,1-5H2/b11-6+/t7-,8-,9?,10?/m1/s1. The molecule has 2 nitrogen and oxygen atoms in total. The molecule has 0 saturated heterocycles. The van der Waals surface area contributed by atoms with E-state index in [0.717, 1.165) is 49.4 Å². The van der Waals surface area contributed by atoms with Crippen molar-refractivity contribution < 1.29 is 9.90 Å². The average molecular weight is 192 g/mol. The first kappa shape index (κ1) is 8.51. The summed E-state index contributed by atoms with van der Waals surface area (Å²) in [5, 5.41) is 9.15. The zero-order chi connectivity index (χ0) is 9.71. The van der Waals surface area contributed by atoms with E-state index in [-0.39, 0.29) is 11.7 Å². The molecule has 0 aromatic heterocycles. The number of hydrogen-bond acceptors (Lipinski definition) is 2. The topological polar surface area (TPSA) is 37.3 Å². The van der Waals surface area contributed by atoms with E-state index in [0.29, 0.717) is 5.92 Å². The first-order chi connectivity index (χ1) is 6.78. The maximum Gasteiger partial charge on any atom is 0.165 e. The highest BCUT2D eigenvalue weighted by atomic mass is 16.2.